The highest BCUT2D eigenvalue weighted by Gasteiger charge is 2.18. The summed E-state index contributed by atoms with van der Waals surface area (Å²) in [6.45, 7) is 0.125. The summed E-state index contributed by atoms with van der Waals surface area (Å²) >= 11 is 1.45. The van der Waals surface area contributed by atoms with Crippen LogP contribution in [0.4, 0.5) is 23.1 Å². The van der Waals surface area contributed by atoms with E-state index in [9.17, 15) is 8.42 Å². The molecule has 0 fully saturated rings. The predicted octanol–water partition coefficient (Wildman–Crippen LogP) is 1.47. The first kappa shape index (κ1) is 20.6. The van der Waals surface area contributed by atoms with E-state index in [1.165, 1.54) is 35.6 Å². The van der Waals surface area contributed by atoms with Crippen LogP contribution in [-0.2, 0) is 16.8 Å². The van der Waals surface area contributed by atoms with Crippen LogP contribution in [-0.4, -0.2) is 30.0 Å². The van der Waals surface area contributed by atoms with Crippen molar-refractivity contribution in [1.82, 2.24) is 9.97 Å². The Hall–Kier alpha value is -3.13. The van der Waals surface area contributed by atoms with E-state index in [0.717, 1.165) is 4.88 Å². The minimum Gasteiger partial charge on any atom is -0.496 e. The van der Waals surface area contributed by atoms with Crippen molar-refractivity contribution in [1.29, 1.82) is 0 Å². The molecule has 8 N–H and O–H groups in total. The van der Waals surface area contributed by atoms with Gasteiger partial charge in [0, 0.05) is 11.6 Å². The van der Waals surface area contributed by atoms with Gasteiger partial charge in [-0.15, -0.1) is 11.3 Å². The van der Waals surface area contributed by atoms with E-state index in [1.54, 1.807) is 6.07 Å². The number of thiophene rings is 1. The molecule has 0 saturated heterocycles. The smallest absolute Gasteiger partial charge is 0.357 e. The van der Waals surface area contributed by atoms with E-state index in [-0.39, 0.29) is 29.7 Å². The van der Waals surface area contributed by atoms with Crippen LogP contribution in [0.3, 0.4) is 0 Å². The summed E-state index contributed by atoms with van der Waals surface area (Å²) in [4.78, 5) is 9.17. The molecule has 2 heterocycles. The lowest BCUT2D eigenvalue weighted by Gasteiger charge is -2.22. The summed E-state index contributed by atoms with van der Waals surface area (Å²) in [6.07, 6.45) is 0. The minimum atomic E-state index is -4.40. The summed E-state index contributed by atoms with van der Waals surface area (Å²) < 4.78 is 38.1. The zero-order valence-corrected chi connectivity index (χ0v) is 16.9. The molecule has 0 bridgehead atoms. The lowest BCUT2D eigenvalue weighted by molar-refractivity contribution is 0.409. The van der Waals surface area contributed by atoms with E-state index in [4.69, 9.17) is 26.6 Å². The van der Waals surface area contributed by atoms with E-state index in [1.807, 2.05) is 22.2 Å². The summed E-state index contributed by atoms with van der Waals surface area (Å²) in [7, 11) is -2.99. The Balaban J connectivity index is 1.92. The number of hydrogen-bond donors (Lipinski definition) is 5. The fourth-order valence-corrected chi connectivity index (χ4v) is 3.79. The lowest BCUT2D eigenvalue weighted by Crippen LogP contribution is -2.32. The Labute approximate surface area is 171 Å². The molecule has 29 heavy (non-hydrogen) atoms. The van der Waals surface area contributed by atoms with Gasteiger partial charge in [0.15, 0.2) is 5.82 Å². The number of hydrazine groups is 1. The highest BCUT2D eigenvalue weighted by Crippen LogP contribution is 2.34. The molecular weight excluding hydrogens is 418 g/mol. The third-order valence-corrected chi connectivity index (χ3v) is 5.21. The maximum atomic E-state index is 11.0. The van der Waals surface area contributed by atoms with Crippen LogP contribution in [0.1, 0.15) is 5.56 Å². The molecule has 0 aliphatic heterocycles. The number of rotatable bonds is 7. The SMILES string of the molecule is COc1cc(NS(=O)(=O)O)ccc1CN(N)c1nc(N)nc(-c2cccs2)c1N. The first-order valence-corrected chi connectivity index (χ1v) is 10.4. The molecule has 0 saturated carbocycles. The van der Waals surface area contributed by atoms with Crippen LogP contribution < -0.4 is 31.8 Å². The molecule has 0 atom stereocenters. The monoisotopic (exact) mass is 437 g/mol. The third kappa shape index (κ3) is 4.83. The molecule has 3 rings (SSSR count). The van der Waals surface area contributed by atoms with Crippen LogP contribution >= 0.6 is 11.3 Å². The second-order valence-electron chi connectivity index (χ2n) is 5.88. The highest BCUT2D eigenvalue weighted by atomic mass is 32.2. The molecule has 1 aromatic carbocycles. The second kappa shape index (κ2) is 8.08. The van der Waals surface area contributed by atoms with Crippen molar-refractivity contribution < 1.29 is 17.7 Å². The number of anilines is 4. The zero-order chi connectivity index (χ0) is 21.2. The molecule has 0 unspecified atom stereocenters. The van der Waals surface area contributed by atoms with Gasteiger partial charge in [0.05, 0.1) is 24.2 Å². The van der Waals surface area contributed by atoms with Gasteiger partial charge >= 0.3 is 10.3 Å². The highest BCUT2D eigenvalue weighted by molar-refractivity contribution is 7.87. The van der Waals surface area contributed by atoms with Gasteiger partial charge < -0.3 is 16.2 Å². The number of aromatic nitrogens is 2. The van der Waals surface area contributed by atoms with Gasteiger partial charge in [-0.3, -0.25) is 14.3 Å². The molecule has 0 radical (unpaired) electrons. The summed E-state index contributed by atoms with van der Waals surface area (Å²) in [5, 5.41) is 3.18. The van der Waals surface area contributed by atoms with Gasteiger partial charge in [0.1, 0.15) is 17.1 Å². The maximum absolute atomic E-state index is 11.0. The number of nitrogens with two attached hydrogens (primary N) is 3. The number of benzene rings is 1. The number of nitrogen functional groups attached to an aromatic ring is 2. The number of nitrogens with one attached hydrogen (secondary N) is 1. The zero-order valence-electron chi connectivity index (χ0n) is 15.2. The predicted molar refractivity (Wildman–Crippen MR) is 113 cm³/mol. The van der Waals surface area contributed by atoms with E-state index in [0.29, 0.717) is 17.0 Å². The van der Waals surface area contributed by atoms with Crippen molar-refractivity contribution in [3.05, 3.63) is 41.3 Å². The molecular formula is C16H19N7O4S2. The fourth-order valence-electron chi connectivity index (χ4n) is 2.64. The Kier molecular flexibility index (Phi) is 5.74. The minimum absolute atomic E-state index is 0.0210. The molecule has 0 aliphatic carbocycles. The van der Waals surface area contributed by atoms with Gasteiger partial charge in [-0.1, -0.05) is 12.1 Å². The normalized spacial score (nSPS) is 11.3. The largest absolute Gasteiger partial charge is 0.496 e. The van der Waals surface area contributed by atoms with Crippen LogP contribution in [0.5, 0.6) is 5.75 Å². The molecule has 13 heteroatoms. The molecule has 3 aromatic rings. The standard InChI is InChI=1S/C16H19N7O4S2/c1-27-11-7-10(22-29(24,25)26)5-4-9(11)8-23(19)15-13(17)14(20-16(18)21-15)12-3-2-6-28-12/h2-7,22H,8,17,19H2,1H3,(H2,18,20,21)(H,24,25,26). The van der Waals surface area contributed by atoms with Crippen molar-refractivity contribution in [3.8, 4) is 16.3 Å². The fraction of sp³-hybridized carbons (Fsp3) is 0.125. The second-order valence-corrected chi connectivity index (χ2v) is 7.98. The summed E-state index contributed by atoms with van der Waals surface area (Å²) in [5.74, 6) is 6.79. The Bertz CT molecular complexity index is 1120. The van der Waals surface area contributed by atoms with E-state index in [2.05, 4.69) is 9.97 Å². The number of ether oxygens (including phenoxy) is 1. The third-order valence-electron chi connectivity index (χ3n) is 3.84. The topological polar surface area (TPSA) is 183 Å². The Morgan fingerprint density at radius 1 is 1.28 bits per heavy atom. The first-order valence-electron chi connectivity index (χ1n) is 8.09. The first-order chi connectivity index (χ1) is 13.7. The quantitative estimate of drug-likeness (QED) is 0.206. The van der Waals surface area contributed by atoms with Crippen molar-refractivity contribution in [3.63, 3.8) is 0 Å². The molecule has 154 valence electrons. The number of hydrogen-bond acceptors (Lipinski definition) is 10. The molecule has 2 aromatic heterocycles. The molecule has 11 nitrogen and oxygen atoms in total. The van der Waals surface area contributed by atoms with Crippen LogP contribution in [0, 0.1) is 0 Å². The number of methoxy groups -OCH3 is 1. The van der Waals surface area contributed by atoms with Crippen LogP contribution in [0.25, 0.3) is 10.6 Å². The van der Waals surface area contributed by atoms with Gasteiger partial charge in [-0.25, -0.2) is 10.8 Å². The lowest BCUT2D eigenvalue weighted by atomic mass is 10.1. The van der Waals surface area contributed by atoms with Crippen molar-refractivity contribution in [2.75, 3.05) is 28.3 Å². The Morgan fingerprint density at radius 3 is 2.66 bits per heavy atom. The average molecular weight is 438 g/mol. The van der Waals surface area contributed by atoms with E-state index >= 15 is 0 Å². The maximum Gasteiger partial charge on any atom is 0.357 e. The van der Waals surface area contributed by atoms with E-state index < -0.39 is 10.3 Å². The Morgan fingerprint density at radius 2 is 2.03 bits per heavy atom. The average Bonchev–Trinajstić information content (AvgIpc) is 3.17. The van der Waals surface area contributed by atoms with Gasteiger partial charge in [-0.05, 0) is 17.5 Å². The van der Waals surface area contributed by atoms with Crippen LogP contribution in [0.15, 0.2) is 35.7 Å². The van der Waals surface area contributed by atoms with Crippen LogP contribution in [0.2, 0.25) is 0 Å². The molecule has 0 spiro atoms. The van der Waals surface area contributed by atoms with Gasteiger partial charge in [0.2, 0.25) is 5.95 Å². The van der Waals surface area contributed by atoms with Crippen molar-refractivity contribution in [2.45, 2.75) is 6.54 Å². The van der Waals surface area contributed by atoms with Crippen molar-refractivity contribution in [2.24, 2.45) is 5.84 Å². The molecule has 0 amide bonds. The number of nitrogens with zero attached hydrogens (tertiary/aromatic N) is 3. The summed E-state index contributed by atoms with van der Waals surface area (Å²) in [5.41, 5.74) is 13.6. The molecule has 0 aliphatic rings. The van der Waals surface area contributed by atoms with Crippen molar-refractivity contribution >= 4 is 44.8 Å². The summed E-state index contributed by atoms with van der Waals surface area (Å²) in [6, 6.07) is 8.18. The van der Waals surface area contributed by atoms with Gasteiger partial charge in [0.25, 0.3) is 0 Å². The van der Waals surface area contributed by atoms with Gasteiger partial charge in [-0.2, -0.15) is 13.4 Å².